The monoisotopic (exact) mass is 261 g/mol. The van der Waals surface area contributed by atoms with E-state index in [-0.39, 0.29) is 12.1 Å². The number of nitrogens with zero attached hydrogens (tertiary/aromatic N) is 3. The Morgan fingerprint density at radius 3 is 3.00 bits per heavy atom. The number of nitrogens with two attached hydrogens (primary N) is 1. The molecule has 2 heterocycles. The molecule has 3 rings (SSSR count). The molecule has 0 saturated heterocycles. The molecule has 0 aliphatic heterocycles. The van der Waals surface area contributed by atoms with Crippen molar-refractivity contribution in [3.63, 3.8) is 0 Å². The fourth-order valence-corrected chi connectivity index (χ4v) is 2.72. The molecule has 2 aromatic heterocycles. The van der Waals surface area contributed by atoms with E-state index in [4.69, 9.17) is 10.3 Å². The van der Waals surface area contributed by atoms with Crippen molar-refractivity contribution in [3.05, 3.63) is 12.0 Å². The van der Waals surface area contributed by atoms with Gasteiger partial charge >= 0.3 is 0 Å². The van der Waals surface area contributed by atoms with E-state index in [2.05, 4.69) is 20.4 Å². The fourth-order valence-electron chi connectivity index (χ4n) is 2.72. The van der Waals surface area contributed by atoms with Crippen LogP contribution in [0.15, 0.2) is 10.9 Å². The van der Waals surface area contributed by atoms with Crippen LogP contribution in [0.2, 0.25) is 0 Å². The van der Waals surface area contributed by atoms with Gasteiger partial charge in [-0.25, -0.2) is 4.98 Å². The first-order chi connectivity index (χ1) is 9.25. The molecule has 6 heteroatoms. The van der Waals surface area contributed by atoms with Crippen LogP contribution in [0.3, 0.4) is 0 Å². The summed E-state index contributed by atoms with van der Waals surface area (Å²) in [7, 11) is 0. The van der Waals surface area contributed by atoms with Crippen LogP contribution in [-0.2, 0) is 0 Å². The van der Waals surface area contributed by atoms with Crippen molar-refractivity contribution < 1.29 is 4.52 Å². The zero-order valence-electron chi connectivity index (χ0n) is 11.1. The Morgan fingerprint density at radius 2 is 2.11 bits per heavy atom. The van der Waals surface area contributed by atoms with E-state index in [0.717, 1.165) is 29.7 Å². The van der Waals surface area contributed by atoms with Gasteiger partial charge < -0.3 is 15.6 Å². The van der Waals surface area contributed by atoms with Crippen molar-refractivity contribution in [1.82, 2.24) is 15.1 Å². The summed E-state index contributed by atoms with van der Waals surface area (Å²) in [5.74, 6) is 0.783. The van der Waals surface area contributed by atoms with Crippen molar-refractivity contribution in [2.24, 2.45) is 5.73 Å². The number of hydrogen-bond acceptors (Lipinski definition) is 6. The van der Waals surface area contributed by atoms with Gasteiger partial charge in [-0.1, -0.05) is 24.4 Å². The lowest BCUT2D eigenvalue weighted by Crippen LogP contribution is -2.39. The number of aromatic nitrogens is 3. The highest BCUT2D eigenvalue weighted by molar-refractivity contribution is 5.87. The molecular weight excluding hydrogens is 242 g/mol. The van der Waals surface area contributed by atoms with Crippen LogP contribution in [0.1, 0.15) is 37.8 Å². The van der Waals surface area contributed by atoms with Gasteiger partial charge in [0.15, 0.2) is 0 Å². The Bertz CT molecular complexity index is 567. The van der Waals surface area contributed by atoms with Crippen LogP contribution >= 0.6 is 0 Å². The van der Waals surface area contributed by atoms with Crippen LogP contribution in [0, 0.1) is 6.92 Å². The second kappa shape index (κ2) is 5.13. The second-order valence-electron chi connectivity index (χ2n) is 5.22. The molecule has 2 aromatic rings. The summed E-state index contributed by atoms with van der Waals surface area (Å²) in [6.45, 7) is 1.90. The third-order valence-corrected chi connectivity index (χ3v) is 3.83. The van der Waals surface area contributed by atoms with Crippen LogP contribution < -0.4 is 11.1 Å². The lowest BCUT2D eigenvalue weighted by atomic mass is 10.0. The molecule has 0 spiro atoms. The first-order valence-corrected chi connectivity index (χ1v) is 6.85. The molecule has 0 aromatic carbocycles. The molecule has 1 aliphatic rings. The number of rotatable bonds is 2. The molecule has 0 amide bonds. The minimum Gasteiger partial charge on any atom is -0.365 e. The van der Waals surface area contributed by atoms with Crippen molar-refractivity contribution in [2.75, 3.05) is 5.32 Å². The molecule has 2 unspecified atom stereocenters. The van der Waals surface area contributed by atoms with E-state index in [1.54, 1.807) is 0 Å². The highest BCUT2D eigenvalue weighted by Gasteiger charge is 2.22. The normalized spacial score (nSPS) is 24.3. The standard InChI is InChI=1S/C13H19N5O/c1-8-11-12(15-7-16-13(11)19-18-8)17-10-6-4-2-3-5-9(10)14/h7,9-10H,2-6,14H2,1H3,(H,15,16,17). The number of hydrogen-bond donors (Lipinski definition) is 2. The summed E-state index contributed by atoms with van der Waals surface area (Å²) >= 11 is 0. The molecule has 1 saturated carbocycles. The zero-order chi connectivity index (χ0) is 13.2. The molecule has 1 fully saturated rings. The third kappa shape index (κ3) is 2.40. The molecule has 2 atom stereocenters. The van der Waals surface area contributed by atoms with Gasteiger partial charge in [0, 0.05) is 12.1 Å². The average molecular weight is 261 g/mol. The largest absolute Gasteiger partial charge is 0.365 e. The smallest absolute Gasteiger partial charge is 0.263 e. The second-order valence-corrected chi connectivity index (χ2v) is 5.22. The van der Waals surface area contributed by atoms with Gasteiger partial charge in [0.05, 0.1) is 5.69 Å². The Morgan fingerprint density at radius 1 is 1.26 bits per heavy atom. The highest BCUT2D eigenvalue weighted by Crippen LogP contribution is 2.26. The molecule has 0 bridgehead atoms. The molecule has 3 N–H and O–H groups in total. The topological polar surface area (TPSA) is 89.9 Å². The SMILES string of the molecule is Cc1noc2ncnc(NC3CCCCCC3N)c12. The lowest BCUT2D eigenvalue weighted by Gasteiger charge is -2.23. The molecular formula is C13H19N5O. The van der Waals surface area contributed by atoms with Crippen molar-refractivity contribution in [1.29, 1.82) is 0 Å². The molecule has 19 heavy (non-hydrogen) atoms. The average Bonchev–Trinajstić information content (AvgIpc) is 2.67. The quantitative estimate of drug-likeness (QED) is 0.804. The van der Waals surface area contributed by atoms with Crippen molar-refractivity contribution in [3.8, 4) is 0 Å². The zero-order valence-corrected chi connectivity index (χ0v) is 11.1. The summed E-state index contributed by atoms with van der Waals surface area (Å²) in [6.07, 6.45) is 7.33. The van der Waals surface area contributed by atoms with Gasteiger partial charge in [-0.05, 0) is 19.8 Å². The van der Waals surface area contributed by atoms with Crippen molar-refractivity contribution in [2.45, 2.75) is 51.1 Å². The molecule has 1 aliphatic carbocycles. The van der Waals surface area contributed by atoms with E-state index < -0.39 is 0 Å². The maximum atomic E-state index is 6.24. The van der Waals surface area contributed by atoms with E-state index >= 15 is 0 Å². The van der Waals surface area contributed by atoms with E-state index in [1.165, 1.54) is 25.6 Å². The Kier molecular flexibility index (Phi) is 3.33. The Balaban J connectivity index is 1.89. The van der Waals surface area contributed by atoms with E-state index in [9.17, 15) is 0 Å². The Labute approximate surface area is 111 Å². The summed E-state index contributed by atoms with van der Waals surface area (Å²) in [5, 5.41) is 8.26. The predicted molar refractivity (Wildman–Crippen MR) is 72.8 cm³/mol. The first kappa shape index (κ1) is 12.3. The molecule has 6 nitrogen and oxygen atoms in total. The molecule has 102 valence electrons. The first-order valence-electron chi connectivity index (χ1n) is 6.85. The minimum atomic E-state index is 0.174. The third-order valence-electron chi connectivity index (χ3n) is 3.83. The maximum Gasteiger partial charge on any atom is 0.263 e. The number of nitrogens with one attached hydrogen (secondary N) is 1. The number of anilines is 1. The molecule has 0 radical (unpaired) electrons. The van der Waals surface area contributed by atoms with Gasteiger partial charge in [0.25, 0.3) is 5.71 Å². The fraction of sp³-hybridized carbons (Fsp3) is 0.615. The minimum absolute atomic E-state index is 0.174. The van der Waals surface area contributed by atoms with E-state index in [0.29, 0.717) is 5.71 Å². The van der Waals surface area contributed by atoms with Crippen molar-refractivity contribution >= 4 is 16.9 Å². The van der Waals surface area contributed by atoms with Crippen LogP contribution in [0.4, 0.5) is 5.82 Å². The number of aryl methyl sites for hydroxylation is 1. The van der Waals surface area contributed by atoms with Gasteiger partial charge in [-0.2, -0.15) is 4.98 Å². The van der Waals surface area contributed by atoms with Gasteiger partial charge in [0.1, 0.15) is 17.5 Å². The summed E-state index contributed by atoms with van der Waals surface area (Å²) in [4.78, 5) is 8.40. The maximum absolute atomic E-state index is 6.24. The van der Waals surface area contributed by atoms with Crippen LogP contribution in [-0.4, -0.2) is 27.2 Å². The highest BCUT2D eigenvalue weighted by atomic mass is 16.5. The summed E-state index contributed by atoms with van der Waals surface area (Å²) in [5.41, 5.74) is 7.57. The predicted octanol–water partition coefficient (Wildman–Crippen LogP) is 2.00. The Hall–Kier alpha value is -1.69. The lowest BCUT2D eigenvalue weighted by molar-refractivity contribution is 0.442. The summed E-state index contributed by atoms with van der Waals surface area (Å²) in [6, 6.07) is 0.433. The van der Waals surface area contributed by atoms with Gasteiger partial charge in [0.2, 0.25) is 0 Å². The van der Waals surface area contributed by atoms with Gasteiger partial charge in [-0.15, -0.1) is 0 Å². The number of fused-ring (bicyclic) bond motifs is 1. The van der Waals surface area contributed by atoms with Crippen LogP contribution in [0.25, 0.3) is 11.1 Å². The van der Waals surface area contributed by atoms with Gasteiger partial charge in [-0.3, -0.25) is 0 Å². The summed E-state index contributed by atoms with van der Waals surface area (Å²) < 4.78 is 5.16. The van der Waals surface area contributed by atoms with Crippen LogP contribution in [0.5, 0.6) is 0 Å². The van der Waals surface area contributed by atoms with E-state index in [1.807, 2.05) is 6.92 Å².